The average molecular weight is 389 g/mol. The summed E-state index contributed by atoms with van der Waals surface area (Å²) < 4.78 is 5.81. The van der Waals surface area contributed by atoms with E-state index in [9.17, 15) is 14.9 Å². The molecule has 7 nitrogen and oxygen atoms in total. The number of hydrogen-bond acceptors (Lipinski definition) is 5. The van der Waals surface area contributed by atoms with Crippen molar-refractivity contribution in [3.05, 3.63) is 88.0 Å². The van der Waals surface area contributed by atoms with Crippen molar-refractivity contribution in [2.45, 2.75) is 6.54 Å². The van der Waals surface area contributed by atoms with Crippen LogP contribution >= 0.6 is 0 Å². The SMILES string of the molecule is Nc1ccc(-c2ccc3c(c2)CN(C(=O)c2ccccc2)CCO3)cc1[N+](=O)[O-]. The molecular weight excluding hydrogens is 370 g/mol. The molecule has 29 heavy (non-hydrogen) atoms. The quantitative estimate of drug-likeness (QED) is 0.416. The van der Waals surface area contributed by atoms with E-state index >= 15 is 0 Å². The molecular formula is C22H19N3O4. The first kappa shape index (κ1) is 18.5. The van der Waals surface area contributed by atoms with Crippen molar-refractivity contribution in [2.24, 2.45) is 0 Å². The molecule has 0 unspecified atom stereocenters. The van der Waals surface area contributed by atoms with E-state index in [1.165, 1.54) is 12.1 Å². The van der Waals surface area contributed by atoms with Crippen LogP contribution in [-0.2, 0) is 6.54 Å². The molecule has 0 bridgehead atoms. The topological polar surface area (TPSA) is 98.7 Å². The number of ether oxygens (including phenoxy) is 1. The van der Waals surface area contributed by atoms with Gasteiger partial charge in [0.1, 0.15) is 18.0 Å². The van der Waals surface area contributed by atoms with Gasteiger partial charge in [-0.05, 0) is 41.5 Å². The minimum Gasteiger partial charge on any atom is -0.491 e. The molecule has 1 aliphatic heterocycles. The highest BCUT2D eigenvalue weighted by Crippen LogP contribution is 2.33. The predicted molar refractivity (Wildman–Crippen MR) is 110 cm³/mol. The smallest absolute Gasteiger partial charge is 0.292 e. The molecule has 1 aliphatic rings. The van der Waals surface area contributed by atoms with Crippen LogP contribution in [0.25, 0.3) is 11.1 Å². The first-order valence-electron chi connectivity index (χ1n) is 9.17. The van der Waals surface area contributed by atoms with Crippen molar-refractivity contribution in [2.75, 3.05) is 18.9 Å². The van der Waals surface area contributed by atoms with E-state index in [1.807, 2.05) is 36.4 Å². The Bertz CT molecular complexity index is 1080. The molecule has 0 atom stereocenters. The molecule has 0 saturated carbocycles. The summed E-state index contributed by atoms with van der Waals surface area (Å²) in [6.45, 7) is 1.28. The van der Waals surface area contributed by atoms with Crippen molar-refractivity contribution in [3.63, 3.8) is 0 Å². The maximum absolute atomic E-state index is 12.9. The Morgan fingerprint density at radius 1 is 1.03 bits per heavy atom. The Morgan fingerprint density at radius 2 is 1.76 bits per heavy atom. The Labute approximate surface area is 167 Å². The number of carbonyl (C=O) groups is 1. The molecule has 0 radical (unpaired) electrons. The van der Waals surface area contributed by atoms with Crippen LogP contribution in [0.15, 0.2) is 66.7 Å². The lowest BCUT2D eigenvalue weighted by atomic mass is 10.0. The van der Waals surface area contributed by atoms with Gasteiger partial charge in [0.25, 0.3) is 11.6 Å². The Kier molecular flexibility index (Phi) is 4.87. The summed E-state index contributed by atoms with van der Waals surface area (Å²) in [6, 6.07) is 19.4. The highest BCUT2D eigenvalue weighted by Gasteiger charge is 2.22. The number of amides is 1. The number of nitro groups is 1. The number of anilines is 1. The Balaban J connectivity index is 1.66. The van der Waals surface area contributed by atoms with Gasteiger partial charge in [-0.25, -0.2) is 0 Å². The number of rotatable bonds is 3. The van der Waals surface area contributed by atoms with Crippen molar-refractivity contribution in [3.8, 4) is 16.9 Å². The zero-order valence-corrected chi connectivity index (χ0v) is 15.6. The van der Waals surface area contributed by atoms with Crippen LogP contribution < -0.4 is 10.5 Å². The standard InChI is InChI=1S/C22H19N3O4/c23-19-8-6-17(13-20(19)25(27)28)16-7-9-21-18(12-16)14-24(10-11-29-21)22(26)15-4-2-1-3-5-15/h1-9,12-13H,10-11,14,23H2. The molecule has 3 aromatic rings. The average Bonchev–Trinajstić information content (AvgIpc) is 2.96. The van der Waals surface area contributed by atoms with E-state index in [-0.39, 0.29) is 17.3 Å². The lowest BCUT2D eigenvalue weighted by Gasteiger charge is -2.20. The summed E-state index contributed by atoms with van der Waals surface area (Å²) in [5, 5.41) is 11.2. The summed E-state index contributed by atoms with van der Waals surface area (Å²) in [4.78, 5) is 25.3. The highest BCUT2D eigenvalue weighted by molar-refractivity contribution is 5.94. The number of nitrogens with two attached hydrogens (primary N) is 1. The Hall–Kier alpha value is -3.87. The predicted octanol–water partition coefficient (Wildman–Crippen LogP) is 3.88. The van der Waals surface area contributed by atoms with Gasteiger partial charge in [-0.2, -0.15) is 0 Å². The zero-order valence-electron chi connectivity index (χ0n) is 15.6. The summed E-state index contributed by atoms with van der Waals surface area (Å²) in [7, 11) is 0. The van der Waals surface area contributed by atoms with Gasteiger partial charge in [0.05, 0.1) is 11.5 Å². The first-order chi connectivity index (χ1) is 14.0. The van der Waals surface area contributed by atoms with Gasteiger partial charge >= 0.3 is 0 Å². The van der Waals surface area contributed by atoms with Gasteiger partial charge in [0.15, 0.2) is 0 Å². The second-order valence-corrected chi connectivity index (χ2v) is 6.79. The van der Waals surface area contributed by atoms with Crippen molar-refractivity contribution >= 4 is 17.3 Å². The van der Waals surface area contributed by atoms with E-state index in [4.69, 9.17) is 10.5 Å². The second-order valence-electron chi connectivity index (χ2n) is 6.79. The molecule has 3 aromatic carbocycles. The fourth-order valence-electron chi connectivity index (χ4n) is 3.39. The molecule has 7 heteroatoms. The summed E-state index contributed by atoms with van der Waals surface area (Å²) in [6.07, 6.45) is 0. The zero-order chi connectivity index (χ0) is 20.4. The monoisotopic (exact) mass is 389 g/mol. The molecule has 0 aliphatic carbocycles. The third kappa shape index (κ3) is 3.75. The van der Waals surface area contributed by atoms with Crippen LogP contribution in [0.5, 0.6) is 5.75 Å². The summed E-state index contributed by atoms with van der Waals surface area (Å²) in [5.74, 6) is 0.651. The molecule has 146 valence electrons. The van der Waals surface area contributed by atoms with Crippen LogP contribution in [0.1, 0.15) is 15.9 Å². The van der Waals surface area contributed by atoms with Crippen molar-refractivity contribution < 1.29 is 14.5 Å². The van der Waals surface area contributed by atoms with Gasteiger partial charge in [0, 0.05) is 23.7 Å². The molecule has 4 rings (SSSR count). The molecule has 0 aromatic heterocycles. The number of nitrogens with zero attached hydrogens (tertiary/aromatic N) is 2. The second kappa shape index (κ2) is 7.63. The van der Waals surface area contributed by atoms with Crippen LogP contribution in [-0.4, -0.2) is 28.9 Å². The lowest BCUT2D eigenvalue weighted by Crippen LogP contribution is -2.32. The van der Waals surface area contributed by atoms with E-state index in [2.05, 4.69) is 0 Å². The van der Waals surface area contributed by atoms with Crippen LogP contribution in [0, 0.1) is 10.1 Å². The van der Waals surface area contributed by atoms with Gasteiger partial charge in [-0.15, -0.1) is 0 Å². The lowest BCUT2D eigenvalue weighted by molar-refractivity contribution is -0.383. The number of carbonyl (C=O) groups excluding carboxylic acids is 1. The van der Waals surface area contributed by atoms with Crippen LogP contribution in [0.4, 0.5) is 11.4 Å². The van der Waals surface area contributed by atoms with Gasteiger partial charge in [0.2, 0.25) is 0 Å². The number of hydrogen-bond donors (Lipinski definition) is 1. The number of nitro benzene ring substituents is 1. The fraction of sp³-hybridized carbons (Fsp3) is 0.136. The van der Waals surface area contributed by atoms with E-state index in [0.29, 0.717) is 36.6 Å². The third-order valence-electron chi connectivity index (χ3n) is 4.91. The maximum Gasteiger partial charge on any atom is 0.292 e. The number of nitrogen functional groups attached to an aromatic ring is 1. The molecule has 0 spiro atoms. The minimum atomic E-state index is -0.494. The van der Waals surface area contributed by atoms with E-state index < -0.39 is 4.92 Å². The maximum atomic E-state index is 12.9. The van der Waals surface area contributed by atoms with Crippen molar-refractivity contribution in [1.29, 1.82) is 0 Å². The van der Waals surface area contributed by atoms with Crippen LogP contribution in [0.2, 0.25) is 0 Å². The normalized spacial score (nSPS) is 13.2. The molecule has 0 fully saturated rings. The van der Waals surface area contributed by atoms with Crippen molar-refractivity contribution in [1.82, 2.24) is 4.90 Å². The summed E-state index contributed by atoms with van der Waals surface area (Å²) >= 11 is 0. The number of benzene rings is 3. The minimum absolute atomic E-state index is 0.0597. The van der Waals surface area contributed by atoms with Gasteiger partial charge in [-0.1, -0.05) is 30.3 Å². The molecule has 1 heterocycles. The van der Waals surface area contributed by atoms with Crippen LogP contribution in [0.3, 0.4) is 0 Å². The number of fused-ring (bicyclic) bond motifs is 1. The van der Waals surface area contributed by atoms with E-state index in [0.717, 1.165) is 11.1 Å². The van der Waals surface area contributed by atoms with Gasteiger partial charge in [-0.3, -0.25) is 14.9 Å². The molecule has 0 saturated heterocycles. The molecule has 2 N–H and O–H groups in total. The first-order valence-corrected chi connectivity index (χ1v) is 9.17. The molecule has 1 amide bonds. The third-order valence-corrected chi connectivity index (χ3v) is 4.91. The largest absolute Gasteiger partial charge is 0.491 e. The Morgan fingerprint density at radius 3 is 2.52 bits per heavy atom. The summed E-state index contributed by atoms with van der Waals surface area (Å²) in [5.41, 5.74) is 8.64. The highest BCUT2D eigenvalue weighted by atomic mass is 16.6. The van der Waals surface area contributed by atoms with Gasteiger partial charge < -0.3 is 15.4 Å². The fourth-order valence-corrected chi connectivity index (χ4v) is 3.39. The van der Waals surface area contributed by atoms with E-state index in [1.54, 1.807) is 23.1 Å².